The summed E-state index contributed by atoms with van der Waals surface area (Å²) in [5, 5.41) is 3.38. The Morgan fingerprint density at radius 2 is 2.36 bits per heavy atom. The van der Waals surface area contributed by atoms with Crippen molar-refractivity contribution in [2.45, 2.75) is 25.4 Å². The van der Waals surface area contributed by atoms with Crippen LogP contribution in [-0.4, -0.2) is 17.2 Å². The smallest absolute Gasteiger partial charge is 0.264 e. The van der Waals surface area contributed by atoms with Gasteiger partial charge in [-0.1, -0.05) is 0 Å². The van der Waals surface area contributed by atoms with Crippen LogP contribution in [0.15, 0.2) is 27.6 Å². The molecule has 1 saturated carbocycles. The van der Waals surface area contributed by atoms with Gasteiger partial charge in [-0.3, -0.25) is 4.79 Å². The van der Waals surface area contributed by atoms with E-state index >= 15 is 0 Å². The molecule has 1 N–H and O–H groups in total. The molecule has 1 heterocycles. The van der Waals surface area contributed by atoms with Crippen LogP contribution in [0.4, 0.5) is 0 Å². The number of hydrogen-bond donors (Lipinski definition) is 1. The van der Waals surface area contributed by atoms with Crippen LogP contribution in [0.3, 0.4) is 0 Å². The van der Waals surface area contributed by atoms with Crippen molar-refractivity contribution in [1.82, 2.24) is 9.88 Å². The predicted molar refractivity (Wildman–Crippen MR) is 59.4 cm³/mol. The molecular weight excluding hydrogens is 244 g/mol. The SMILES string of the molecule is O=c1c(Br)cccn1CCNC1CC1. The zero-order valence-electron chi connectivity index (χ0n) is 7.87. The second-order valence-corrected chi connectivity index (χ2v) is 4.44. The number of nitrogens with one attached hydrogen (secondary N) is 1. The van der Waals surface area contributed by atoms with Gasteiger partial charge in [-0.15, -0.1) is 0 Å². The van der Waals surface area contributed by atoms with Crippen LogP contribution in [0.2, 0.25) is 0 Å². The van der Waals surface area contributed by atoms with E-state index in [0.29, 0.717) is 10.5 Å². The Hall–Kier alpha value is -0.610. The monoisotopic (exact) mass is 256 g/mol. The lowest BCUT2D eigenvalue weighted by molar-refractivity contribution is 0.581. The molecule has 2 rings (SSSR count). The summed E-state index contributed by atoms with van der Waals surface area (Å²) in [6.45, 7) is 1.62. The van der Waals surface area contributed by atoms with Crippen molar-refractivity contribution < 1.29 is 0 Å². The average molecular weight is 257 g/mol. The topological polar surface area (TPSA) is 34.0 Å². The number of halogens is 1. The van der Waals surface area contributed by atoms with E-state index in [2.05, 4.69) is 21.2 Å². The fourth-order valence-corrected chi connectivity index (χ4v) is 1.74. The minimum atomic E-state index is 0.0464. The lowest BCUT2D eigenvalue weighted by atomic mass is 10.4. The van der Waals surface area contributed by atoms with Crippen molar-refractivity contribution in [2.24, 2.45) is 0 Å². The molecule has 4 heteroatoms. The van der Waals surface area contributed by atoms with Crippen LogP contribution in [0.25, 0.3) is 0 Å². The van der Waals surface area contributed by atoms with Crippen molar-refractivity contribution in [3.63, 3.8) is 0 Å². The van der Waals surface area contributed by atoms with Gasteiger partial charge < -0.3 is 9.88 Å². The molecule has 0 bridgehead atoms. The van der Waals surface area contributed by atoms with E-state index in [0.717, 1.165) is 13.1 Å². The number of hydrogen-bond acceptors (Lipinski definition) is 2. The van der Waals surface area contributed by atoms with Gasteiger partial charge >= 0.3 is 0 Å². The summed E-state index contributed by atoms with van der Waals surface area (Å²) in [5.74, 6) is 0. The maximum Gasteiger partial charge on any atom is 0.264 e. The highest BCUT2D eigenvalue weighted by atomic mass is 79.9. The molecule has 76 valence electrons. The van der Waals surface area contributed by atoms with E-state index in [-0.39, 0.29) is 5.56 Å². The molecule has 0 saturated heterocycles. The van der Waals surface area contributed by atoms with Crippen molar-refractivity contribution in [1.29, 1.82) is 0 Å². The molecule has 1 fully saturated rings. The summed E-state index contributed by atoms with van der Waals surface area (Å²) < 4.78 is 2.35. The Balaban J connectivity index is 1.94. The highest BCUT2D eigenvalue weighted by molar-refractivity contribution is 9.10. The Kier molecular flexibility index (Phi) is 3.03. The quantitative estimate of drug-likeness (QED) is 0.883. The number of nitrogens with zero attached hydrogens (tertiary/aromatic N) is 1. The van der Waals surface area contributed by atoms with Crippen LogP contribution < -0.4 is 10.9 Å². The van der Waals surface area contributed by atoms with Gasteiger partial charge in [0.1, 0.15) is 0 Å². The molecule has 0 unspecified atom stereocenters. The Morgan fingerprint density at radius 3 is 3.07 bits per heavy atom. The summed E-state index contributed by atoms with van der Waals surface area (Å²) in [5.41, 5.74) is 0.0464. The Bertz CT molecular complexity index is 371. The van der Waals surface area contributed by atoms with Crippen LogP contribution >= 0.6 is 15.9 Å². The van der Waals surface area contributed by atoms with Crippen LogP contribution in [0.1, 0.15) is 12.8 Å². The fraction of sp³-hybridized carbons (Fsp3) is 0.500. The van der Waals surface area contributed by atoms with Gasteiger partial charge in [0.05, 0.1) is 4.47 Å². The maximum atomic E-state index is 11.5. The molecule has 1 aromatic heterocycles. The fourth-order valence-electron chi connectivity index (χ4n) is 1.36. The molecule has 1 aliphatic carbocycles. The van der Waals surface area contributed by atoms with E-state index < -0.39 is 0 Å². The van der Waals surface area contributed by atoms with E-state index in [1.54, 1.807) is 10.6 Å². The highest BCUT2D eigenvalue weighted by Crippen LogP contribution is 2.17. The molecule has 1 aromatic rings. The summed E-state index contributed by atoms with van der Waals surface area (Å²) in [6.07, 6.45) is 4.39. The van der Waals surface area contributed by atoms with Gasteiger partial charge in [0.25, 0.3) is 5.56 Å². The molecule has 3 nitrogen and oxygen atoms in total. The lowest BCUT2D eigenvalue weighted by Crippen LogP contribution is -2.27. The van der Waals surface area contributed by atoms with Gasteiger partial charge in [-0.25, -0.2) is 0 Å². The van der Waals surface area contributed by atoms with Gasteiger partial charge in [0, 0.05) is 25.3 Å². The lowest BCUT2D eigenvalue weighted by Gasteiger charge is -2.06. The third kappa shape index (κ3) is 2.45. The molecule has 1 aliphatic rings. The van der Waals surface area contributed by atoms with Crippen LogP contribution in [0, 0.1) is 0 Å². The number of pyridine rings is 1. The zero-order valence-corrected chi connectivity index (χ0v) is 9.46. The Morgan fingerprint density at radius 1 is 1.57 bits per heavy atom. The van der Waals surface area contributed by atoms with Crippen molar-refractivity contribution in [3.8, 4) is 0 Å². The first-order valence-electron chi connectivity index (χ1n) is 4.86. The van der Waals surface area contributed by atoms with E-state index in [1.165, 1.54) is 12.8 Å². The number of rotatable bonds is 4. The highest BCUT2D eigenvalue weighted by Gasteiger charge is 2.19. The van der Waals surface area contributed by atoms with E-state index in [4.69, 9.17) is 0 Å². The van der Waals surface area contributed by atoms with Crippen molar-refractivity contribution in [3.05, 3.63) is 33.2 Å². The first-order chi connectivity index (χ1) is 6.77. The third-order valence-electron chi connectivity index (χ3n) is 2.34. The standard InChI is InChI=1S/C10H13BrN2O/c11-9-2-1-6-13(10(9)14)7-5-12-8-3-4-8/h1-2,6,8,12H,3-5,7H2. The summed E-state index contributed by atoms with van der Waals surface area (Å²) >= 11 is 3.23. The molecule has 14 heavy (non-hydrogen) atoms. The average Bonchev–Trinajstić information content (AvgIpc) is 2.96. The summed E-state index contributed by atoms with van der Waals surface area (Å²) in [6, 6.07) is 4.35. The molecule has 0 aromatic carbocycles. The second-order valence-electron chi connectivity index (χ2n) is 3.58. The summed E-state index contributed by atoms with van der Waals surface area (Å²) in [7, 11) is 0. The largest absolute Gasteiger partial charge is 0.313 e. The normalized spacial score (nSPS) is 15.8. The second kappa shape index (κ2) is 4.28. The van der Waals surface area contributed by atoms with Crippen LogP contribution in [0.5, 0.6) is 0 Å². The molecule has 0 amide bonds. The van der Waals surface area contributed by atoms with E-state index in [1.807, 2.05) is 12.3 Å². The van der Waals surface area contributed by atoms with Gasteiger partial charge in [-0.05, 0) is 40.9 Å². The van der Waals surface area contributed by atoms with Gasteiger partial charge in [-0.2, -0.15) is 0 Å². The molecule has 0 spiro atoms. The van der Waals surface area contributed by atoms with Crippen molar-refractivity contribution in [2.75, 3.05) is 6.54 Å². The minimum absolute atomic E-state index is 0.0464. The molecule has 0 aliphatic heterocycles. The number of aromatic nitrogens is 1. The first kappa shape index (κ1) is 9.93. The van der Waals surface area contributed by atoms with E-state index in [9.17, 15) is 4.79 Å². The third-order valence-corrected chi connectivity index (χ3v) is 2.94. The van der Waals surface area contributed by atoms with Crippen LogP contribution in [-0.2, 0) is 6.54 Å². The predicted octanol–water partition coefficient (Wildman–Crippen LogP) is 1.36. The zero-order chi connectivity index (χ0) is 9.97. The first-order valence-corrected chi connectivity index (χ1v) is 5.65. The molecule has 0 radical (unpaired) electrons. The minimum Gasteiger partial charge on any atom is -0.313 e. The van der Waals surface area contributed by atoms with Gasteiger partial charge in [0.2, 0.25) is 0 Å². The van der Waals surface area contributed by atoms with Gasteiger partial charge in [0.15, 0.2) is 0 Å². The molecule has 0 atom stereocenters. The maximum absolute atomic E-state index is 11.5. The van der Waals surface area contributed by atoms with Crippen molar-refractivity contribution >= 4 is 15.9 Å². The summed E-state index contributed by atoms with van der Waals surface area (Å²) in [4.78, 5) is 11.5. The Labute approximate surface area is 91.3 Å². The molecular formula is C10H13BrN2O.